The molecular formula is C16H23NO3. The molecule has 0 bridgehead atoms. The monoisotopic (exact) mass is 277 g/mol. The first-order valence-corrected chi connectivity index (χ1v) is 7.10. The van der Waals surface area contributed by atoms with Crippen LogP contribution in [-0.2, 0) is 9.53 Å². The fourth-order valence-corrected chi connectivity index (χ4v) is 2.84. The Bertz CT molecular complexity index is 457. The first-order chi connectivity index (χ1) is 9.59. The van der Waals surface area contributed by atoms with Gasteiger partial charge in [-0.1, -0.05) is 17.7 Å². The summed E-state index contributed by atoms with van der Waals surface area (Å²) in [5, 5.41) is 3.14. The third kappa shape index (κ3) is 3.12. The summed E-state index contributed by atoms with van der Waals surface area (Å²) in [5.41, 5.74) is 0.600. The zero-order chi connectivity index (χ0) is 14.6. The topological polar surface area (TPSA) is 47.6 Å². The highest BCUT2D eigenvalue weighted by atomic mass is 16.5. The summed E-state index contributed by atoms with van der Waals surface area (Å²) in [5.74, 6) is 0.662. The molecule has 1 aromatic carbocycles. The number of hydrogen-bond donors (Lipinski definition) is 1. The van der Waals surface area contributed by atoms with E-state index in [1.165, 1.54) is 12.7 Å². The molecule has 4 heteroatoms. The molecule has 1 N–H and O–H groups in total. The quantitative estimate of drug-likeness (QED) is 0.859. The summed E-state index contributed by atoms with van der Waals surface area (Å²) >= 11 is 0. The van der Waals surface area contributed by atoms with Gasteiger partial charge < -0.3 is 14.8 Å². The Morgan fingerprint density at radius 3 is 2.65 bits per heavy atom. The molecule has 2 rings (SSSR count). The third-order valence-electron chi connectivity index (χ3n) is 4.08. The van der Waals surface area contributed by atoms with Crippen molar-refractivity contribution in [3.63, 3.8) is 0 Å². The molecule has 4 nitrogen and oxygen atoms in total. The Balaban J connectivity index is 2.06. The number of methoxy groups -OCH3 is 1. The molecule has 1 aliphatic rings. The van der Waals surface area contributed by atoms with Crippen LogP contribution in [0.4, 0.5) is 0 Å². The average Bonchev–Trinajstić information content (AvgIpc) is 2.49. The van der Waals surface area contributed by atoms with Gasteiger partial charge in [0.05, 0.1) is 7.11 Å². The van der Waals surface area contributed by atoms with Gasteiger partial charge in [0.1, 0.15) is 17.4 Å². The number of likely N-dealkylation sites (N-methyl/N-ethyl adjacent to an activating group) is 1. The lowest BCUT2D eigenvalue weighted by Crippen LogP contribution is -2.55. The van der Waals surface area contributed by atoms with E-state index in [0.717, 1.165) is 25.0 Å². The Kier molecular flexibility index (Phi) is 4.65. The molecular weight excluding hydrogens is 254 g/mol. The Morgan fingerprint density at radius 2 is 2.05 bits per heavy atom. The minimum absolute atomic E-state index is 0.0398. The second kappa shape index (κ2) is 6.27. The van der Waals surface area contributed by atoms with E-state index in [0.29, 0.717) is 6.42 Å². The molecule has 20 heavy (non-hydrogen) atoms. The minimum atomic E-state index is -0.609. The molecule has 0 heterocycles. The van der Waals surface area contributed by atoms with E-state index in [1.54, 1.807) is 0 Å². The van der Waals surface area contributed by atoms with Crippen molar-refractivity contribution in [2.75, 3.05) is 14.2 Å². The molecule has 110 valence electrons. The maximum atomic E-state index is 12.0. The van der Waals surface area contributed by atoms with Crippen molar-refractivity contribution in [2.45, 2.75) is 44.2 Å². The summed E-state index contributed by atoms with van der Waals surface area (Å²) in [6.45, 7) is 2.05. The van der Waals surface area contributed by atoms with Crippen molar-refractivity contribution in [3.8, 4) is 5.75 Å². The average molecular weight is 277 g/mol. The van der Waals surface area contributed by atoms with Gasteiger partial charge in [0, 0.05) is 6.42 Å². The largest absolute Gasteiger partial charge is 0.490 e. The lowest BCUT2D eigenvalue weighted by Gasteiger charge is -2.38. The predicted octanol–water partition coefficient (Wildman–Crippen LogP) is 2.45. The number of carbonyl (C=O) groups is 1. The van der Waals surface area contributed by atoms with Crippen LogP contribution >= 0.6 is 0 Å². The molecule has 2 atom stereocenters. The molecule has 1 aliphatic carbocycles. The van der Waals surface area contributed by atoms with E-state index >= 15 is 0 Å². The Labute approximate surface area is 120 Å². The number of aryl methyl sites for hydroxylation is 1. The number of benzene rings is 1. The van der Waals surface area contributed by atoms with Crippen LogP contribution in [0.3, 0.4) is 0 Å². The summed E-state index contributed by atoms with van der Waals surface area (Å²) in [6, 6.07) is 8.01. The minimum Gasteiger partial charge on any atom is -0.490 e. The molecule has 1 saturated carbocycles. The first-order valence-electron chi connectivity index (χ1n) is 7.10. The first kappa shape index (κ1) is 14.9. The lowest BCUT2D eigenvalue weighted by molar-refractivity contribution is -0.151. The van der Waals surface area contributed by atoms with Crippen molar-refractivity contribution in [3.05, 3.63) is 29.8 Å². The second-order valence-electron chi connectivity index (χ2n) is 5.47. The van der Waals surface area contributed by atoms with Crippen LogP contribution in [-0.4, -0.2) is 31.8 Å². The highest BCUT2D eigenvalue weighted by Gasteiger charge is 2.43. The van der Waals surface area contributed by atoms with Crippen molar-refractivity contribution in [1.82, 2.24) is 5.32 Å². The van der Waals surface area contributed by atoms with E-state index < -0.39 is 5.54 Å². The smallest absolute Gasteiger partial charge is 0.326 e. The van der Waals surface area contributed by atoms with Crippen LogP contribution in [0.5, 0.6) is 5.75 Å². The summed E-state index contributed by atoms with van der Waals surface area (Å²) in [7, 11) is 3.25. The normalized spacial score (nSPS) is 26.1. The molecule has 1 aromatic rings. The number of carbonyl (C=O) groups excluding carboxylic acids is 1. The number of nitrogens with one attached hydrogen (secondary N) is 1. The maximum Gasteiger partial charge on any atom is 0.326 e. The van der Waals surface area contributed by atoms with Gasteiger partial charge in [0.2, 0.25) is 0 Å². The molecule has 2 unspecified atom stereocenters. The zero-order valence-electron chi connectivity index (χ0n) is 12.4. The van der Waals surface area contributed by atoms with Crippen LogP contribution in [0.2, 0.25) is 0 Å². The van der Waals surface area contributed by atoms with Gasteiger partial charge in [-0.05, 0) is 45.4 Å². The number of hydrogen-bond acceptors (Lipinski definition) is 4. The highest BCUT2D eigenvalue weighted by molar-refractivity contribution is 5.81. The predicted molar refractivity (Wildman–Crippen MR) is 77.9 cm³/mol. The summed E-state index contributed by atoms with van der Waals surface area (Å²) in [4.78, 5) is 12.0. The zero-order valence-corrected chi connectivity index (χ0v) is 12.4. The fraction of sp³-hybridized carbons (Fsp3) is 0.562. The van der Waals surface area contributed by atoms with E-state index in [1.807, 2.05) is 38.2 Å². The summed E-state index contributed by atoms with van der Waals surface area (Å²) in [6.07, 6.45) is 3.40. The highest BCUT2D eigenvalue weighted by Crippen LogP contribution is 2.32. The van der Waals surface area contributed by atoms with Gasteiger partial charge in [-0.2, -0.15) is 0 Å². The molecule has 0 aliphatic heterocycles. The molecule has 0 aromatic heterocycles. The molecule has 0 amide bonds. The van der Waals surface area contributed by atoms with E-state index in [-0.39, 0.29) is 12.1 Å². The van der Waals surface area contributed by atoms with E-state index in [9.17, 15) is 4.79 Å². The van der Waals surface area contributed by atoms with Gasteiger partial charge in [-0.15, -0.1) is 0 Å². The van der Waals surface area contributed by atoms with Crippen molar-refractivity contribution in [2.24, 2.45) is 0 Å². The van der Waals surface area contributed by atoms with Crippen LogP contribution in [0.25, 0.3) is 0 Å². The molecule has 0 spiro atoms. The van der Waals surface area contributed by atoms with Crippen LogP contribution in [0.1, 0.15) is 31.2 Å². The summed E-state index contributed by atoms with van der Waals surface area (Å²) < 4.78 is 11.0. The molecule has 0 radical (unpaired) electrons. The van der Waals surface area contributed by atoms with Gasteiger partial charge in [-0.3, -0.25) is 4.79 Å². The number of esters is 1. The fourth-order valence-electron chi connectivity index (χ4n) is 2.84. The van der Waals surface area contributed by atoms with Gasteiger partial charge >= 0.3 is 5.97 Å². The molecule has 0 saturated heterocycles. The van der Waals surface area contributed by atoms with Crippen LogP contribution in [0, 0.1) is 6.92 Å². The van der Waals surface area contributed by atoms with Crippen molar-refractivity contribution >= 4 is 5.97 Å². The standard InChI is InChI=1S/C16H23NO3/c1-12-6-8-13(9-7-12)20-14-5-4-10-16(11-14,17-2)15(18)19-3/h6-9,14,17H,4-5,10-11H2,1-3H3. The van der Waals surface area contributed by atoms with E-state index in [4.69, 9.17) is 9.47 Å². The number of ether oxygens (including phenoxy) is 2. The lowest BCUT2D eigenvalue weighted by atomic mass is 9.80. The second-order valence-corrected chi connectivity index (χ2v) is 5.47. The number of rotatable bonds is 4. The molecule has 1 fully saturated rings. The van der Waals surface area contributed by atoms with Crippen molar-refractivity contribution in [1.29, 1.82) is 0 Å². The van der Waals surface area contributed by atoms with Crippen molar-refractivity contribution < 1.29 is 14.3 Å². The van der Waals surface area contributed by atoms with Crippen LogP contribution < -0.4 is 10.1 Å². The Hall–Kier alpha value is -1.55. The van der Waals surface area contributed by atoms with Gasteiger partial charge in [0.25, 0.3) is 0 Å². The Morgan fingerprint density at radius 1 is 1.35 bits per heavy atom. The maximum absolute atomic E-state index is 12.0. The van der Waals surface area contributed by atoms with E-state index in [2.05, 4.69) is 5.32 Å². The van der Waals surface area contributed by atoms with Gasteiger partial charge in [-0.25, -0.2) is 0 Å². The van der Waals surface area contributed by atoms with Gasteiger partial charge in [0.15, 0.2) is 0 Å². The SMILES string of the molecule is CNC1(C(=O)OC)CCCC(Oc2ccc(C)cc2)C1. The van der Waals surface area contributed by atoms with Crippen LogP contribution in [0.15, 0.2) is 24.3 Å². The third-order valence-corrected chi connectivity index (χ3v) is 4.08.